The third kappa shape index (κ3) is 1.49. The summed E-state index contributed by atoms with van der Waals surface area (Å²) in [5, 5.41) is 0. The minimum absolute atomic E-state index is 0.0648. The molecule has 4 bridgehead atoms. The Kier molecular flexibility index (Phi) is 1.79. The van der Waals surface area contributed by atoms with Crippen molar-refractivity contribution < 1.29 is 9.53 Å². The molecule has 4 rings (SSSR count). The smallest absolute Gasteiger partial charge is 0.303 e. The standard InChI is InChI=1S/C13H20O2/c1-9(14)15-13-6-10-3-11(7-13)5-12(2,4-10)8-13/h10-11H,3-8H2,1-2H3. The van der Waals surface area contributed by atoms with E-state index in [1.54, 1.807) is 6.92 Å². The van der Waals surface area contributed by atoms with Crippen molar-refractivity contribution in [2.24, 2.45) is 17.3 Å². The van der Waals surface area contributed by atoms with Crippen molar-refractivity contribution >= 4 is 5.97 Å². The molecule has 2 heteroatoms. The molecule has 2 unspecified atom stereocenters. The summed E-state index contributed by atoms with van der Waals surface area (Å²) in [6.45, 7) is 3.95. The van der Waals surface area contributed by atoms with Gasteiger partial charge in [-0.1, -0.05) is 6.92 Å². The molecule has 2 nitrogen and oxygen atoms in total. The summed E-state index contributed by atoms with van der Waals surface area (Å²) in [7, 11) is 0. The van der Waals surface area contributed by atoms with Crippen LogP contribution in [0, 0.1) is 17.3 Å². The van der Waals surface area contributed by atoms with Crippen LogP contribution >= 0.6 is 0 Å². The number of hydrogen-bond donors (Lipinski definition) is 0. The van der Waals surface area contributed by atoms with Gasteiger partial charge >= 0.3 is 5.97 Å². The van der Waals surface area contributed by atoms with Crippen LogP contribution in [-0.4, -0.2) is 11.6 Å². The molecule has 4 saturated carbocycles. The third-order valence-corrected chi connectivity index (χ3v) is 4.66. The van der Waals surface area contributed by atoms with Crippen LogP contribution < -0.4 is 0 Å². The van der Waals surface area contributed by atoms with Gasteiger partial charge in [0.15, 0.2) is 0 Å². The fourth-order valence-electron chi connectivity index (χ4n) is 5.05. The molecule has 0 aromatic heterocycles. The Hall–Kier alpha value is -0.530. The zero-order chi connectivity index (χ0) is 10.7. The summed E-state index contributed by atoms with van der Waals surface area (Å²) in [6, 6.07) is 0. The van der Waals surface area contributed by atoms with E-state index < -0.39 is 0 Å². The van der Waals surface area contributed by atoms with Crippen LogP contribution in [-0.2, 0) is 9.53 Å². The van der Waals surface area contributed by atoms with Gasteiger partial charge in [0.25, 0.3) is 0 Å². The van der Waals surface area contributed by atoms with E-state index in [-0.39, 0.29) is 11.6 Å². The first-order valence-corrected chi connectivity index (χ1v) is 6.18. The van der Waals surface area contributed by atoms with Crippen LogP contribution in [0.4, 0.5) is 0 Å². The first-order chi connectivity index (χ1) is 6.99. The van der Waals surface area contributed by atoms with Crippen molar-refractivity contribution in [3.05, 3.63) is 0 Å². The molecule has 0 heterocycles. The first kappa shape index (κ1) is 9.68. The Morgan fingerprint density at radius 1 is 1.20 bits per heavy atom. The van der Waals surface area contributed by atoms with Crippen LogP contribution in [0.15, 0.2) is 0 Å². The number of hydrogen-bond acceptors (Lipinski definition) is 2. The van der Waals surface area contributed by atoms with Crippen LogP contribution in [0.1, 0.15) is 52.4 Å². The Balaban J connectivity index is 1.89. The quantitative estimate of drug-likeness (QED) is 0.619. The third-order valence-electron chi connectivity index (χ3n) is 4.66. The molecular weight excluding hydrogens is 188 g/mol. The maximum atomic E-state index is 11.2. The van der Waals surface area contributed by atoms with E-state index in [0.717, 1.165) is 31.1 Å². The molecule has 0 aromatic rings. The molecule has 4 aliphatic rings. The highest BCUT2D eigenvalue weighted by atomic mass is 16.6. The summed E-state index contributed by atoms with van der Waals surface area (Å²) in [5.41, 5.74) is 0.407. The van der Waals surface area contributed by atoms with Gasteiger partial charge in [0.2, 0.25) is 0 Å². The highest BCUT2D eigenvalue weighted by molar-refractivity contribution is 5.66. The molecule has 0 aromatic carbocycles. The average Bonchev–Trinajstić information content (AvgIpc) is 1.94. The number of esters is 1. The maximum Gasteiger partial charge on any atom is 0.303 e. The van der Waals surface area contributed by atoms with E-state index in [4.69, 9.17) is 4.74 Å². The second-order valence-electron chi connectivity index (χ2n) is 6.55. The highest BCUT2D eigenvalue weighted by Crippen LogP contribution is 2.62. The molecule has 84 valence electrons. The molecule has 0 N–H and O–H groups in total. The number of rotatable bonds is 1. The van der Waals surface area contributed by atoms with Crippen molar-refractivity contribution in [1.82, 2.24) is 0 Å². The van der Waals surface area contributed by atoms with E-state index in [0.29, 0.717) is 5.41 Å². The predicted molar refractivity (Wildman–Crippen MR) is 57.3 cm³/mol. The monoisotopic (exact) mass is 208 g/mol. The average molecular weight is 208 g/mol. The van der Waals surface area contributed by atoms with Crippen molar-refractivity contribution in [2.45, 2.75) is 58.0 Å². The van der Waals surface area contributed by atoms with Gasteiger partial charge in [-0.05, 0) is 55.8 Å². The van der Waals surface area contributed by atoms with E-state index in [9.17, 15) is 4.79 Å². The largest absolute Gasteiger partial charge is 0.459 e. The number of carbonyl (C=O) groups is 1. The van der Waals surface area contributed by atoms with Crippen LogP contribution in [0.3, 0.4) is 0 Å². The van der Waals surface area contributed by atoms with Gasteiger partial charge in [-0.3, -0.25) is 4.79 Å². The predicted octanol–water partition coefficient (Wildman–Crippen LogP) is 2.91. The van der Waals surface area contributed by atoms with Gasteiger partial charge in [0, 0.05) is 6.92 Å². The van der Waals surface area contributed by atoms with Crippen molar-refractivity contribution in [3.63, 3.8) is 0 Å². The fraction of sp³-hybridized carbons (Fsp3) is 0.923. The highest BCUT2D eigenvalue weighted by Gasteiger charge is 2.57. The van der Waals surface area contributed by atoms with Gasteiger partial charge in [0.1, 0.15) is 5.60 Å². The SMILES string of the molecule is CC(=O)OC12CC3CC(CC(C)(C3)C1)C2. The molecule has 2 atom stereocenters. The van der Waals surface area contributed by atoms with Crippen molar-refractivity contribution in [3.8, 4) is 0 Å². The van der Waals surface area contributed by atoms with Crippen LogP contribution in [0.5, 0.6) is 0 Å². The van der Waals surface area contributed by atoms with E-state index in [2.05, 4.69) is 6.92 Å². The number of carbonyl (C=O) groups excluding carboxylic acids is 1. The van der Waals surface area contributed by atoms with Crippen molar-refractivity contribution in [1.29, 1.82) is 0 Å². The first-order valence-electron chi connectivity index (χ1n) is 6.18. The maximum absolute atomic E-state index is 11.2. The topological polar surface area (TPSA) is 26.3 Å². The minimum Gasteiger partial charge on any atom is -0.459 e. The molecule has 0 radical (unpaired) electrons. The molecular formula is C13H20O2. The Labute approximate surface area is 91.4 Å². The van der Waals surface area contributed by atoms with Gasteiger partial charge in [-0.15, -0.1) is 0 Å². The summed E-state index contributed by atoms with van der Waals surface area (Å²) >= 11 is 0. The summed E-state index contributed by atoms with van der Waals surface area (Å²) < 4.78 is 5.68. The van der Waals surface area contributed by atoms with Crippen LogP contribution in [0.2, 0.25) is 0 Å². The van der Waals surface area contributed by atoms with E-state index in [1.165, 1.54) is 19.3 Å². The van der Waals surface area contributed by atoms with Gasteiger partial charge in [0.05, 0.1) is 0 Å². The Morgan fingerprint density at radius 3 is 2.27 bits per heavy atom. The van der Waals surface area contributed by atoms with Gasteiger partial charge in [-0.25, -0.2) is 0 Å². The normalized spacial score (nSPS) is 51.9. The molecule has 0 aliphatic heterocycles. The Bertz CT molecular complexity index is 294. The summed E-state index contributed by atoms with van der Waals surface area (Å²) in [5.74, 6) is 1.58. The zero-order valence-corrected chi connectivity index (χ0v) is 9.71. The minimum atomic E-state index is -0.0828. The molecule has 4 aliphatic carbocycles. The molecule has 0 amide bonds. The molecule has 0 saturated heterocycles. The summed E-state index contributed by atoms with van der Waals surface area (Å²) in [6.07, 6.45) is 7.52. The van der Waals surface area contributed by atoms with Gasteiger partial charge in [-0.2, -0.15) is 0 Å². The lowest BCUT2D eigenvalue weighted by Crippen LogP contribution is -2.56. The molecule has 15 heavy (non-hydrogen) atoms. The second kappa shape index (κ2) is 2.78. The molecule has 0 spiro atoms. The van der Waals surface area contributed by atoms with E-state index >= 15 is 0 Å². The fourth-order valence-corrected chi connectivity index (χ4v) is 5.05. The van der Waals surface area contributed by atoms with Crippen LogP contribution in [0.25, 0.3) is 0 Å². The van der Waals surface area contributed by atoms with Gasteiger partial charge < -0.3 is 4.74 Å². The number of ether oxygens (including phenoxy) is 1. The lowest BCUT2D eigenvalue weighted by molar-refractivity contribution is -0.196. The van der Waals surface area contributed by atoms with E-state index in [1.807, 2.05) is 0 Å². The van der Waals surface area contributed by atoms with Crippen molar-refractivity contribution in [2.75, 3.05) is 0 Å². The lowest BCUT2D eigenvalue weighted by Gasteiger charge is -2.60. The molecule has 4 fully saturated rings. The Morgan fingerprint density at radius 2 is 1.80 bits per heavy atom. The zero-order valence-electron chi connectivity index (χ0n) is 9.71. The second-order valence-corrected chi connectivity index (χ2v) is 6.55. The summed E-state index contributed by atoms with van der Waals surface area (Å²) in [4.78, 5) is 11.2. The lowest BCUT2D eigenvalue weighted by atomic mass is 9.48.